The van der Waals surface area contributed by atoms with E-state index in [-0.39, 0.29) is 11.5 Å². The molecular formula is C27H21ClN6O4. The number of halogens is 1. The van der Waals surface area contributed by atoms with Crippen LogP contribution in [0.3, 0.4) is 0 Å². The molecule has 3 aromatic carbocycles. The second-order valence-electron chi connectivity index (χ2n) is 8.55. The van der Waals surface area contributed by atoms with Gasteiger partial charge in [-0.1, -0.05) is 41.9 Å². The van der Waals surface area contributed by atoms with Gasteiger partial charge in [0.15, 0.2) is 0 Å². The molecule has 11 heteroatoms. The van der Waals surface area contributed by atoms with Gasteiger partial charge in [-0.3, -0.25) is 9.59 Å². The normalized spacial score (nSPS) is 14.8. The van der Waals surface area contributed by atoms with Gasteiger partial charge in [-0.25, -0.2) is 4.79 Å². The van der Waals surface area contributed by atoms with Gasteiger partial charge in [0.25, 0.3) is 5.91 Å². The molecule has 0 fully saturated rings. The Kier molecular flexibility index (Phi) is 6.96. The van der Waals surface area contributed by atoms with E-state index in [1.54, 1.807) is 36.4 Å². The summed E-state index contributed by atoms with van der Waals surface area (Å²) < 4.78 is 1.46. The Morgan fingerprint density at radius 1 is 1.05 bits per heavy atom. The van der Waals surface area contributed by atoms with Gasteiger partial charge in [0.05, 0.1) is 11.3 Å². The molecule has 0 aliphatic carbocycles. The van der Waals surface area contributed by atoms with Crippen molar-refractivity contribution in [1.29, 1.82) is 0 Å². The molecule has 1 aromatic heterocycles. The Balaban J connectivity index is 1.45. The number of carbonyl (C=O) groups excluding carboxylic acids is 2. The topological polar surface area (TPSA) is 130 Å². The van der Waals surface area contributed by atoms with E-state index in [4.69, 9.17) is 11.6 Å². The van der Waals surface area contributed by atoms with Crippen LogP contribution < -0.4 is 5.32 Å². The molecule has 2 heterocycles. The second kappa shape index (κ2) is 10.7. The van der Waals surface area contributed by atoms with Crippen LogP contribution in [0.2, 0.25) is 5.02 Å². The molecule has 0 bridgehead atoms. The summed E-state index contributed by atoms with van der Waals surface area (Å²) in [5.74, 6) is -1.92. The fourth-order valence-electron chi connectivity index (χ4n) is 4.42. The third-order valence-corrected chi connectivity index (χ3v) is 6.42. The number of aromatic carboxylic acids is 1. The SMILES string of the molecule is O=C(O)c1cccc(NC(=O)C2c3ccccc3CCN2C(=O)/C=C/c2cc(Cl)ccc2-n2cnnn2)c1. The molecule has 38 heavy (non-hydrogen) atoms. The molecule has 1 aliphatic rings. The summed E-state index contributed by atoms with van der Waals surface area (Å²) in [6, 6.07) is 17.6. The number of aromatic nitrogens is 4. The van der Waals surface area contributed by atoms with E-state index >= 15 is 0 Å². The number of nitrogens with one attached hydrogen (secondary N) is 1. The standard InChI is InChI=1S/C27H21ClN6O4/c28-20-9-10-23(34-16-29-31-32-34)18(14-20)8-11-24(35)33-13-12-17-4-1-2-7-22(17)25(33)26(36)30-21-6-3-5-19(15-21)27(37)38/h1-11,14-16,25H,12-13H2,(H,30,36)(H,37,38)/b11-8+. The quantitative estimate of drug-likeness (QED) is 0.364. The second-order valence-corrected chi connectivity index (χ2v) is 8.99. The fourth-order valence-corrected chi connectivity index (χ4v) is 4.60. The number of tetrazole rings is 1. The summed E-state index contributed by atoms with van der Waals surface area (Å²) in [7, 11) is 0. The fraction of sp³-hybridized carbons (Fsp3) is 0.111. The molecule has 1 unspecified atom stereocenters. The largest absolute Gasteiger partial charge is 0.478 e. The predicted molar refractivity (Wildman–Crippen MR) is 140 cm³/mol. The average Bonchev–Trinajstić information content (AvgIpc) is 3.46. The molecule has 0 saturated heterocycles. The van der Waals surface area contributed by atoms with Crippen LogP contribution in [0.4, 0.5) is 5.69 Å². The Hall–Kier alpha value is -4.83. The predicted octanol–water partition coefficient (Wildman–Crippen LogP) is 3.79. The number of nitrogens with zero attached hydrogens (tertiary/aromatic N) is 5. The van der Waals surface area contributed by atoms with Gasteiger partial charge in [0, 0.05) is 28.9 Å². The number of hydrogen-bond acceptors (Lipinski definition) is 6. The van der Waals surface area contributed by atoms with Crippen molar-refractivity contribution in [3.05, 3.63) is 106 Å². The van der Waals surface area contributed by atoms with Gasteiger partial charge in [-0.2, -0.15) is 4.68 Å². The number of anilines is 1. The van der Waals surface area contributed by atoms with Crippen LogP contribution in [-0.2, 0) is 16.0 Å². The van der Waals surface area contributed by atoms with Gasteiger partial charge >= 0.3 is 5.97 Å². The Bertz CT molecular complexity index is 1550. The molecule has 4 aromatic rings. The van der Waals surface area contributed by atoms with Gasteiger partial charge < -0.3 is 15.3 Å². The van der Waals surface area contributed by atoms with Crippen LogP contribution >= 0.6 is 11.6 Å². The average molecular weight is 529 g/mol. The highest BCUT2D eigenvalue weighted by molar-refractivity contribution is 6.30. The first-order valence-electron chi connectivity index (χ1n) is 11.6. The summed E-state index contributed by atoms with van der Waals surface area (Å²) in [5, 5.41) is 23.8. The van der Waals surface area contributed by atoms with Crippen LogP contribution in [0, 0.1) is 0 Å². The smallest absolute Gasteiger partial charge is 0.335 e. The third kappa shape index (κ3) is 5.16. The number of amides is 2. The first kappa shape index (κ1) is 24.8. The third-order valence-electron chi connectivity index (χ3n) is 6.18. The van der Waals surface area contributed by atoms with Crippen LogP contribution in [0.25, 0.3) is 11.8 Å². The number of carboxylic acid groups (broad SMARTS) is 1. The summed E-state index contributed by atoms with van der Waals surface area (Å²) in [6.07, 6.45) is 5.01. The highest BCUT2D eigenvalue weighted by atomic mass is 35.5. The van der Waals surface area contributed by atoms with Gasteiger partial charge in [0.2, 0.25) is 5.91 Å². The van der Waals surface area contributed by atoms with Crippen molar-refractivity contribution in [3.8, 4) is 5.69 Å². The van der Waals surface area contributed by atoms with E-state index in [1.807, 2.05) is 24.3 Å². The first-order valence-corrected chi connectivity index (χ1v) is 12.0. The van der Waals surface area contributed by atoms with E-state index in [1.165, 1.54) is 34.1 Å². The lowest BCUT2D eigenvalue weighted by Crippen LogP contribution is -2.44. The highest BCUT2D eigenvalue weighted by Gasteiger charge is 2.35. The number of rotatable bonds is 6. The van der Waals surface area contributed by atoms with E-state index in [0.717, 1.165) is 5.56 Å². The molecular weight excluding hydrogens is 508 g/mol. The molecule has 0 radical (unpaired) electrons. The molecule has 0 saturated carbocycles. The number of benzene rings is 3. The van der Waals surface area contributed by atoms with Crippen molar-refractivity contribution in [2.45, 2.75) is 12.5 Å². The van der Waals surface area contributed by atoms with Crippen LogP contribution in [-0.4, -0.2) is 54.5 Å². The minimum Gasteiger partial charge on any atom is -0.478 e. The minimum atomic E-state index is -1.10. The van der Waals surface area contributed by atoms with E-state index in [2.05, 4.69) is 20.8 Å². The maximum atomic E-state index is 13.5. The van der Waals surface area contributed by atoms with Crippen molar-refractivity contribution in [2.75, 3.05) is 11.9 Å². The first-order chi connectivity index (χ1) is 18.4. The zero-order chi connectivity index (χ0) is 26.6. The minimum absolute atomic E-state index is 0.0441. The molecule has 190 valence electrons. The molecule has 2 N–H and O–H groups in total. The molecule has 1 aliphatic heterocycles. The Labute approximate surface area is 222 Å². The summed E-state index contributed by atoms with van der Waals surface area (Å²) in [4.78, 5) is 39.9. The van der Waals surface area contributed by atoms with E-state index in [0.29, 0.717) is 40.5 Å². The van der Waals surface area contributed by atoms with Gasteiger partial charge in [0.1, 0.15) is 12.4 Å². The molecule has 0 spiro atoms. The monoisotopic (exact) mass is 528 g/mol. The summed E-state index contributed by atoms with van der Waals surface area (Å²) in [6.45, 7) is 0.322. The highest BCUT2D eigenvalue weighted by Crippen LogP contribution is 2.31. The maximum absolute atomic E-state index is 13.5. The van der Waals surface area contributed by atoms with E-state index in [9.17, 15) is 19.5 Å². The molecule has 10 nitrogen and oxygen atoms in total. The summed E-state index contributed by atoms with van der Waals surface area (Å²) in [5.41, 5.74) is 3.29. The van der Waals surface area contributed by atoms with Gasteiger partial charge in [-0.05, 0) is 70.4 Å². The van der Waals surface area contributed by atoms with Crippen LogP contribution in [0.5, 0.6) is 0 Å². The Morgan fingerprint density at radius 2 is 1.89 bits per heavy atom. The number of carbonyl (C=O) groups is 3. The number of hydrogen-bond donors (Lipinski definition) is 2. The molecule has 5 rings (SSSR count). The van der Waals surface area contributed by atoms with Crippen molar-refractivity contribution in [1.82, 2.24) is 25.1 Å². The zero-order valence-electron chi connectivity index (χ0n) is 19.9. The van der Waals surface area contributed by atoms with Crippen molar-refractivity contribution in [2.24, 2.45) is 0 Å². The number of fused-ring (bicyclic) bond motifs is 1. The maximum Gasteiger partial charge on any atom is 0.335 e. The van der Waals surface area contributed by atoms with Crippen molar-refractivity contribution < 1.29 is 19.5 Å². The lowest BCUT2D eigenvalue weighted by molar-refractivity contribution is -0.135. The Morgan fingerprint density at radius 3 is 2.68 bits per heavy atom. The lowest BCUT2D eigenvalue weighted by atomic mass is 9.91. The van der Waals surface area contributed by atoms with Crippen LogP contribution in [0.15, 0.2) is 79.1 Å². The van der Waals surface area contributed by atoms with Crippen LogP contribution in [0.1, 0.15) is 33.1 Å². The molecule has 2 amide bonds. The van der Waals surface area contributed by atoms with Crippen molar-refractivity contribution in [3.63, 3.8) is 0 Å². The summed E-state index contributed by atoms with van der Waals surface area (Å²) >= 11 is 6.19. The lowest BCUT2D eigenvalue weighted by Gasteiger charge is -2.35. The molecule has 1 atom stereocenters. The van der Waals surface area contributed by atoms with E-state index < -0.39 is 17.9 Å². The zero-order valence-corrected chi connectivity index (χ0v) is 20.6. The van der Waals surface area contributed by atoms with Crippen molar-refractivity contribution >= 4 is 41.1 Å². The van der Waals surface area contributed by atoms with Gasteiger partial charge in [-0.15, -0.1) is 5.10 Å². The number of carboxylic acids is 1.